The van der Waals surface area contributed by atoms with E-state index < -0.39 is 8.07 Å². The molecule has 0 aromatic heterocycles. The second-order valence-electron chi connectivity index (χ2n) is 16.2. The van der Waals surface area contributed by atoms with Crippen LogP contribution in [0.15, 0.2) is 218 Å². The lowest BCUT2D eigenvalue weighted by Gasteiger charge is -2.34. The van der Waals surface area contributed by atoms with Crippen LogP contribution in [-0.4, -0.2) is 8.07 Å². The Labute approximate surface area is 342 Å². The van der Waals surface area contributed by atoms with Gasteiger partial charge in [-0.25, -0.2) is 0 Å². The summed E-state index contributed by atoms with van der Waals surface area (Å²) in [5.74, 6) is 0. The molecule has 0 fully saturated rings. The topological polar surface area (TPSA) is 0 Å². The van der Waals surface area contributed by atoms with Crippen LogP contribution in [0.4, 0.5) is 0 Å². The summed E-state index contributed by atoms with van der Waals surface area (Å²) < 4.78 is 0. The predicted octanol–water partition coefficient (Wildman–Crippen LogP) is 12.8. The molecule has 272 valence electrons. The first-order chi connectivity index (χ1) is 29.3. The molecule has 0 aliphatic rings. The highest BCUT2D eigenvalue weighted by molar-refractivity contribution is 7.19. The van der Waals surface area contributed by atoms with Gasteiger partial charge >= 0.3 is 0 Å². The van der Waals surface area contributed by atoms with Crippen molar-refractivity contribution < 1.29 is 0 Å². The van der Waals surface area contributed by atoms with Crippen molar-refractivity contribution in [1.29, 1.82) is 0 Å². The summed E-state index contributed by atoms with van der Waals surface area (Å²) in [6, 6.07) is 82.6. The van der Waals surface area contributed by atoms with E-state index in [4.69, 9.17) is 0 Å². The van der Waals surface area contributed by atoms with Crippen molar-refractivity contribution in [2.75, 3.05) is 0 Å². The van der Waals surface area contributed by atoms with Gasteiger partial charge in [0.2, 0.25) is 0 Å². The van der Waals surface area contributed by atoms with Crippen molar-refractivity contribution in [2.45, 2.75) is 0 Å². The molecule has 0 amide bonds. The lowest BCUT2D eigenvalue weighted by molar-refractivity contribution is 1.64. The third kappa shape index (κ3) is 4.37. The third-order valence-electron chi connectivity index (χ3n) is 13.4. The summed E-state index contributed by atoms with van der Waals surface area (Å²) in [5, 5.41) is 27.0. The van der Waals surface area contributed by atoms with E-state index in [1.54, 1.807) is 0 Å². The Morgan fingerprint density at radius 2 is 0.508 bits per heavy atom. The molecule has 0 aliphatic heterocycles. The molecule has 13 aromatic rings. The fourth-order valence-corrected chi connectivity index (χ4v) is 15.9. The van der Waals surface area contributed by atoms with Crippen molar-refractivity contribution in [1.82, 2.24) is 0 Å². The van der Waals surface area contributed by atoms with Gasteiger partial charge in [0, 0.05) is 0 Å². The fourth-order valence-electron chi connectivity index (χ4n) is 11.1. The maximum absolute atomic E-state index is 2.72. The number of benzene rings is 13. The van der Waals surface area contributed by atoms with Gasteiger partial charge in [-0.3, -0.25) is 0 Å². The van der Waals surface area contributed by atoms with Gasteiger partial charge in [0.25, 0.3) is 0 Å². The monoisotopic (exact) mass is 760 g/mol. The van der Waals surface area contributed by atoms with Crippen LogP contribution >= 0.6 is 0 Å². The van der Waals surface area contributed by atoms with E-state index in [0.717, 1.165) is 0 Å². The van der Waals surface area contributed by atoms with Gasteiger partial charge in [0.1, 0.15) is 0 Å². The van der Waals surface area contributed by atoms with Crippen molar-refractivity contribution in [3.05, 3.63) is 218 Å². The molecule has 0 atom stereocenters. The van der Waals surface area contributed by atoms with Crippen LogP contribution in [0.2, 0.25) is 0 Å². The van der Waals surface area contributed by atoms with Crippen LogP contribution in [0.1, 0.15) is 0 Å². The molecule has 0 unspecified atom stereocenters. The van der Waals surface area contributed by atoms with E-state index in [0.29, 0.717) is 0 Å². The number of rotatable bonds is 5. The summed E-state index contributed by atoms with van der Waals surface area (Å²) in [6.07, 6.45) is 0. The number of hydrogen-bond donors (Lipinski definition) is 0. The van der Waals surface area contributed by atoms with Crippen molar-refractivity contribution >= 4 is 115 Å². The van der Waals surface area contributed by atoms with E-state index in [-0.39, 0.29) is 0 Å². The Bertz CT molecular complexity index is 3660. The Kier molecular flexibility index (Phi) is 6.84. The van der Waals surface area contributed by atoms with Crippen molar-refractivity contribution in [2.24, 2.45) is 0 Å². The second-order valence-corrected chi connectivity index (χ2v) is 20.0. The first-order valence-corrected chi connectivity index (χ1v) is 22.7. The Morgan fingerprint density at radius 1 is 0.186 bits per heavy atom. The van der Waals surface area contributed by atoms with Crippen LogP contribution in [-0.2, 0) is 0 Å². The van der Waals surface area contributed by atoms with Crippen molar-refractivity contribution in [3.63, 3.8) is 0 Å². The van der Waals surface area contributed by atoms with E-state index >= 15 is 0 Å². The van der Waals surface area contributed by atoms with Gasteiger partial charge in [-0.1, -0.05) is 212 Å². The largest absolute Gasteiger partial charge is 0.179 e. The average Bonchev–Trinajstić information content (AvgIpc) is 3.32. The van der Waals surface area contributed by atoms with Crippen LogP contribution in [0.25, 0.3) is 97.3 Å². The molecule has 13 rings (SSSR count). The molecule has 0 N–H and O–H groups in total. The summed E-state index contributed by atoms with van der Waals surface area (Å²) in [5.41, 5.74) is 2.47. The van der Waals surface area contributed by atoms with Crippen LogP contribution in [0, 0.1) is 0 Å². The minimum absolute atomic E-state index is 1.23. The first kappa shape index (κ1) is 32.7. The Balaban J connectivity index is 1.18. The molecule has 59 heavy (non-hydrogen) atoms. The lowest BCUT2D eigenvalue weighted by Crippen LogP contribution is -2.74. The average molecular weight is 761 g/mol. The van der Waals surface area contributed by atoms with Gasteiger partial charge in [-0.15, -0.1) is 0 Å². The summed E-state index contributed by atoms with van der Waals surface area (Å²) >= 11 is 0. The molecule has 0 bridgehead atoms. The maximum Gasteiger partial charge on any atom is 0.179 e. The molecule has 0 aliphatic carbocycles. The molecule has 0 spiro atoms. The molecule has 0 radical (unpaired) electrons. The molecular formula is C58H36Si. The van der Waals surface area contributed by atoms with Crippen LogP contribution in [0.5, 0.6) is 0 Å². The molecular weight excluding hydrogens is 725 g/mol. The second kappa shape index (κ2) is 12.3. The lowest BCUT2D eigenvalue weighted by atomic mass is 9.79. The zero-order valence-corrected chi connectivity index (χ0v) is 33.3. The summed E-state index contributed by atoms with van der Waals surface area (Å²) in [4.78, 5) is 0. The molecule has 0 saturated carbocycles. The molecule has 0 heterocycles. The summed E-state index contributed by atoms with van der Waals surface area (Å²) in [6.45, 7) is 0. The zero-order chi connectivity index (χ0) is 38.7. The van der Waals surface area contributed by atoms with Crippen LogP contribution in [0.3, 0.4) is 0 Å². The van der Waals surface area contributed by atoms with E-state index in [1.165, 1.54) is 118 Å². The quantitative estimate of drug-likeness (QED) is 0.0709. The van der Waals surface area contributed by atoms with E-state index in [2.05, 4.69) is 218 Å². The molecule has 0 saturated heterocycles. The number of fused-ring (bicyclic) bond motifs is 10. The first-order valence-electron chi connectivity index (χ1n) is 20.7. The zero-order valence-electron chi connectivity index (χ0n) is 32.3. The molecule has 1 heteroatoms. The highest BCUT2D eigenvalue weighted by Gasteiger charge is 2.41. The fraction of sp³-hybridized carbons (Fsp3) is 0. The standard InChI is InChI=1S/C58H36Si/c1-4-18-39(19-5-1)59(40-20-6-2-7-21-40,41-22-8-3-9-23-41)42-24-14-17-37(35-42)38-33-34-51-52(36-38)56-46-28-13-11-26-44(46)48-30-16-32-50-49-31-15-29-47-43-25-10-12-27-45(43)55(51)57(53(47)49)58(56)54(48)50/h1-36H. The molecule has 13 aromatic carbocycles. The minimum atomic E-state index is -2.72. The molecule has 0 nitrogen and oxygen atoms in total. The normalized spacial score (nSPS) is 12.4. The smallest absolute Gasteiger partial charge is 0.0623 e. The third-order valence-corrected chi connectivity index (χ3v) is 18.2. The Morgan fingerprint density at radius 3 is 0.983 bits per heavy atom. The van der Waals surface area contributed by atoms with Gasteiger partial charge in [0.15, 0.2) is 8.07 Å². The minimum Gasteiger partial charge on any atom is -0.0623 e. The van der Waals surface area contributed by atoms with Gasteiger partial charge in [-0.05, 0) is 124 Å². The highest BCUT2D eigenvalue weighted by atomic mass is 28.3. The number of hydrogen-bond acceptors (Lipinski definition) is 0. The van der Waals surface area contributed by atoms with Gasteiger partial charge in [0.05, 0.1) is 0 Å². The maximum atomic E-state index is 2.51. The Hall–Kier alpha value is -7.32. The highest BCUT2D eigenvalue weighted by Crippen LogP contribution is 2.53. The predicted molar refractivity (Wildman–Crippen MR) is 258 cm³/mol. The van der Waals surface area contributed by atoms with Gasteiger partial charge < -0.3 is 0 Å². The van der Waals surface area contributed by atoms with Gasteiger partial charge in [-0.2, -0.15) is 0 Å². The SMILES string of the molecule is c1ccc([Si](c2ccccc2)(c2ccccc2)c2cccc(-c3ccc4c(c3)c3c5ccccc5c5cccc6c7cccc8c9ccccc9c4c(c87)c3c56)c2)cc1. The summed E-state index contributed by atoms with van der Waals surface area (Å²) in [7, 11) is -2.72. The van der Waals surface area contributed by atoms with Crippen LogP contribution < -0.4 is 20.7 Å². The van der Waals surface area contributed by atoms with Crippen molar-refractivity contribution in [3.8, 4) is 11.1 Å². The van der Waals surface area contributed by atoms with E-state index in [1.807, 2.05) is 0 Å². The van der Waals surface area contributed by atoms with E-state index in [9.17, 15) is 0 Å².